The zero-order valence-electron chi connectivity index (χ0n) is 16.6. The van der Waals surface area contributed by atoms with E-state index in [4.69, 9.17) is 4.74 Å². The van der Waals surface area contributed by atoms with E-state index in [0.717, 1.165) is 16.8 Å². The molecule has 1 heterocycles. The number of rotatable bonds is 6. The summed E-state index contributed by atoms with van der Waals surface area (Å²) >= 11 is 1.35. The molecule has 8 heteroatoms. The quantitative estimate of drug-likeness (QED) is 0.409. The second-order valence-electron chi connectivity index (χ2n) is 6.71. The van der Waals surface area contributed by atoms with Gasteiger partial charge in [0.25, 0.3) is 5.69 Å². The van der Waals surface area contributed by atoms with Crippen molar-refractivity contribution in [2.45, 2.75) is 34.3 Å². The van der Waals surface area contributed by atoms with E-state index in [9.17, 15) is 14.9 Å². The molecule has 0 unspecified atom stereocenters. The average Bonchev–Trinajstić information content (AvgIpc) is 3.11. The number of amides is 1. The maximum Gasteiger partial charge on any atom is 0.276 e. The summed E-state index contributed by atoms with van der Waals surface area (Å²) in [5.74, 6) is 0.305. The molecule has 0 bridgehead atoms. The first kappa shape index (κ1) is 20.5. The normalized spacial score (nSPS) is 10.6. The van der Waals surface area contributed by atoms with E-state index in [2.05, 4.69) is 4.98 Å². The second kappa shape index (κ2) is 8.40. The van der Waals surface area contributed by atoms with Crippen LogP contribution in [0.25, 0.3) is 0 Å². The Labute approximate surface area is 172 Å². The minimum Gasteiger partial charge on any atom is -0.487 e. The van der Waals surface area contributed by atoms with Crippen LogP contribution >= 0.6 is 11.3 Å². The van der Waals surface area contributed by atoms with Gasteiger partial charge in [-0.2, -0.15) is 0 Å². The van der Waals surface area contributed by atoms with Crippen LogP contribution in [0.3, 0.4) is 0 Å². The highest BCUT2D eigenvalue weighted by atomic mass is 32.1. The van der Waals surface area contributed by atoms with E-state index in [1.807, 2.05) is 37.4 Å². The predicted octanol–water partition coefficient (Wildman–Crippen LogP) is 5.24. The predicted molar refractivity (Wildman–Crippen MR) is 113 cm³/mol. The van der Waals surface area contributed by atoms with Crippen molar-refractivity contribution >= 4 is 33.8 Å². The summed E-state index contributed by atoms with van der Waals surface area (Å²) in [5, 5.41) is 13.5. The maximum absolute atomic E-state index is 12.3. The molecule has 1 aromatic heterocycles. The van der Waals surface area contributed by atoms with E-state index < -0.39 is 4.92 Å². The number of hydrogen-bond acceptors (Lipinski definition) is 6. The minimum atomic E-state index is -0.433. The van der Waals surface area contributed by atoms with Crippen LogP contribution in [0.4, 0.5) is 16.5 Å². The Morgan fingerprint density at radius 3 is 2.66 bits per heavy atom. The summed E-state index contributed by atoms with van der Waals surface area (Å²) in [6.07, 6.45) is 0. The lowest BCUT2D eigenvalue weighted by atomic mass is 10.1. The number of hydrogen-bond donors (Lipinski definition) is 0. The lowest BCUT2D eigenvalue weighted by molar-refractivity contribution is -0.385. The highest BCUT2D eigenvalue weighted by Crippen LogP contribution is 2.32. The number of ether oxygens (including phenoxy) is 1. The third-order valence-corrected chi connectivity index (χ3v) is 5.34. The molecule has 0 aliphatic rings. The molecule has 29 heavy (non-hydrogen) atoms. The molecule has 0 fully saturated rings. The van der Waals surface area contributed by atoms with Gasteiger partial charge in [-0.25, -0.2) is 4.98 Å². The molecule has 0 aliphatic heterocycles. The van der Waals surface area contributed by atoms with Gasteiger partial charge in [-0.05, 0) is 38.5 Å². The maximum atomic E-state index is 12.3. The van der Waals surface area contributed by atoms with Gasteiger partial charge in [-0.3, -0.25) is 19.8 Å². The minimum absolute atomic E-state index is 0.0130. The third kappa shape index (κ3) is 4.43. The molecule has 0 atom stereocenters. The Kier molecular flexibility index (Phi) is 5.93. The van der Waals surface area contributed by atoms with Crippen LogP contribution in [0.15, 0.2) is 41.8 Å². The lowest BCUT2D eigenvalue weighted by Crippen LogP contribution is -2.23. The molecular weight excluding hydrogens is 390 g/mol. The summed E-state index contributed by atoms with van der Waals surface area (Å²) in [6.45, 7) is 7.27. The largest absolute Gasteiger partial charge is 0.487 e. The number of anilines is 2. The molecule has 3 rings (SSSR count). The highest BCUT2D eigenvalue weighted by molar-refractivity contribution is 7.14. The molecule has 150 valence electrons. The fourth-order valence-electron chi connectivity index (χ4n) is 3.04. The number of nitrogens with zero attached hydrogens (tertiary/aromatic N) is 3. The number of aryl methyl sites for hydroxylation is 2. The van der Waals surface area contributed by atoms with Crippen molar-refractivity contribution in [2.24, 2.45) is 0 Å². The van der Waals surface area contributed by atoms with Gasteiger partial charge < -0.3 is 4.74 Å². The zero-order valence-corrected chi connectivity index (χ0v) is 17.4. The van der Waals surface area contributed by atoms with Gasteiger partial charge in [0, 0.05) is 18.4 Å². The Bertz CT molecular complexity index is 1080. The molecule has 0 aliphatic carbocycles. The van der Waals surface area contributed by atoms with Crippen molar-refractivity contribution < 1.29 is 14.5 Å². The molecule has 3 aromatic rings. The summed E-state index contributed by atoms with van der Waals surface area (Å²) in [4.78, 5) is 29.1. The van der Waals surface area contributed by atoms with Gasteiger partial charge in [0.1, 0.15) is 12.4 Å². The Hall–Kier alpha value is -3.26. The van der Waals surface area contributed by atoms with Crippen molar-refractivity contribution in [1.82, 2.24) is 4.98 Å². The van der Waals surface area contributed by atoms with Crippen LogP contribution in [0, 0.1) is 30.9 Å². The average molecular weight is 411 g/mol. The Morgan fingerprint density at radius 1 is 1.24 bits per heavy atom. The molecule has 0 spiro atoms. The molecule has 0 N–H and O–H groups in total. The van der Waals surface area contributed by atoms with Gasteiger partial charge in [-0.1, -0.05) is 23.8 Å². The van der Waals surface area contributed by atoms with Crippen molar-refractivity contribution in [3.63, 3.8) is 0 Å². The summed E-state index contributed by atoms with van der Waals surface area (Å²) in [7, 11) is 0. The monoisotopic (exact) mass is 411 g/mol. The summed E-state index contributed by atoms with van der Waals surface area (Å²) in [6, 6.07) is 10.6. The Morgan fingerprint density at radius 2 is 2.00 bits per heavy atom. The van der Waals surface area contributed by atoms with E-state index in [1.165, 1.54) is 24.3 Å². The lowest BCUT2D eigenvalue weighted by Gasteiger charge is -2.20. The number of benzene rings is 2. The van der Waals surface area contributed by atoms with Crippen molar-refractivity contribution in [3.05, 3.63) is 74.3 Å². The van der Waals surface area contributed by atoms with E-state index in [1.54, 1.807) is 24.0 Å². The SMILES string of the molecule is CC(=O)N(c1nc(COc2cccc([N+](=O)[O-])c2C)cs1)c1ccc(C)cc1C. The van der Waals surface area contributed by atoms with Crippen LogP contribution in [-0.4, -0.2) is 15.8 Å². The number of carbonyl (C=O) groups is 1. The molecule has 0 radical (unpaired) electrons. The number of aromatic nitrogens is 1. The van der Waals surface area contributed by atoms with Crippen molar-refractivity contribution in [1.29, 1.82) is 0 Å². The van der Waals surface area contributed by atoms with Crippen LogP contribution in [0.2, 0.25) is 0 Å². The molecule has 0 saturated carbocycles. The topological polar surface area (TPSA) is 85.6 Å². The second-order valence-corrected chi connectivity index (χ2v) is 7.55. The van der Waals surface area contributed by atoms with Gasteiger partial charge in [0.15, 0.2) is 5.13 Å². The first-order chi connectivity index (χ1) is 13.8. The van der Waals surface area contributed by atoms with Gasteiger partial charge in [0.2, 0.25) is 5.91 Å². The third-order valence-electron chi connectivity index (χ3n) is 4.47. The molecule has 2 aromatic carbocycles. The fraction of sp³-hybridized carbons (Fsp3) is 0.238. The number of nitro benzene ring substituents is 1. The highest BCUT2D eigenvalue weighted by Gasteiger charge is 2.20. The zero-order chi connectivity index (χ0) is 21.1. The molecule has 0 saturated heterocycles. The van der Waals surface area contributed by atoms with Crippen LogP contribution in [0.5, 0.6) is 5.75 Å². The van der Waals surface area contributed by atoms with E-state index >= 15 is 0 Å². The van der Waals surface area contributed by atoms with E-state index in [-0.39, 0.29) is 18.2 Å². The number of carbonyl (C=O) groups excluding carboxylic acids is 1. The van der Waals surface area contributed by atoms with Gasteiger partial charge >= 0.3 is 0 Å². The standard InChI is InChI=1S/C21H21N3O4S/c1-13-8-9-18(14(2)10-13)23(16(4)25)21-22-17(12-29-21)11-28-20-7-5-6-19(15(20)3)24(26)27/h5-10,12H,11H2,1-4H3. The van der Waals surface area contributed by atoms with Gasteiger partial charge in [-0.15, -0.1) is 11.3 Å². The van der Waals surface area contributed by atoms with Crippen LogP contribution < -0.4 is 9.64 Å². The van der Waals surface area contributed by atoms with Gasteiger partial charge in [0.05, 0.1) is 21.9 Å². The van der Waals surface area contributed by atoms with Crippen LogP contribution in [-0.2, 0) is 11.4 Å². The molecular formula is C21H21N3O4S. The summed E-state index contributed by atoms with van der Waals surface area (Å²) in [5.41, 5.74) is 4.02. The fourth-order valence-corrected chi connectivity index (χ4v) is 3.90. The number of nitro groups is 1. The Balaban J connectivity index is 1.82. The molecule has 7 nitrogen and oxygen atoms in total. The first-order valence-corrected chi connectivity index (χ1v) is 9.85. The van der Waals surface area contributed by atoms with Crippen LogP contribution in [0.1, 0.15) is 29.3 Å². The first-order valence-electron chi connectivity index (χ1n) is 8.97. The molecule has 1 amide bonds. The van der Waals surface area contributed by atoms with E-state index in [0.29, 0.717) is 22.1 Å². The van der Waals surface area contributed by atoms with Crippen molar-refractivity contribution in [2.75, 3.05) is 4.90 Å². The number of thiazole rings is 1. The summed E-state index contributed by atoms with van der Waals surface area (Å²) < 4.78 is 5.75. The smallest absolute Gasteiger partial charge is 0.276 e. The van der Waals surface area contributed by atoms with Crippen molar-refractivity contribution in [3.8, 4) is 5.75 Å².